The highest BCUT2D eigenvalue weighted by Gasteiger charge is 2.32. The fourth-order valence-electron chi connectivity index (χ4n) is 1.93. The van der Waals surface area contributed by atoms with Crippen LogP contribution in [-0.2, 0) is 9.53 Å². The molecule has 0 aromatic carbocycles. The van der Waals surface area contributed by atoms with E-state index >= 15 is 0 Å². The highest BCUT2D eigenvalue weighted by Crippen LogP contribution is 2.33. The summed E-state index contributed by atoms with van der Waals surface area (Å²) < 4.78 is 5.12. The summed E-state index contributed by atoms with van der Waals surface area (Å²) in [5.41, 5.74) is -0.536. The molecule has 1 atom stereocenters. The standard InChI is InChI=1S/C14H21NO3/c1-5-12(16)11(10-7-6-8-10)9-15-13(17)18-14(2,3)4/h1,10-11H,6-9H2,2-4H3,(H,15,17). The Bertz CT molecular complexity index is 358. The maximum Gasteiger partial charge on any atom is 0.407 e. The molecule has 0 spiro atoms. The Labute approximate surface area is 108 Å². The zero-order chi connectivity index (χ0) is 13.8. The van der Waals surface area contributed by atoms with Crippen molar-refractivity contribution >= 4 is 11.9 Å². The number of ketones is 1. The average molecular weight is 251 g/mol. The number of terminal acetylenes is 1. The van der Waals surface area contributed by atoms with Crippen LogP contribution in [0.4, 0.5) is 4.79 Å². The number of rotatable bonds is 4. The summed E-state index contributed by atoms with van der Waals surface area (Å²) >= 11 is 0. The minimum Gasteiger partial charge on any atom is -0.444 e. The molecule has 100 valence electrons. The van der Waals surface area contributed by atoms with Gasteiger partial charge in [0.25, 0.3) is 0 Å². The number of hydrogen-bond acceptors (Lipinski definition) is 3. The second-order valence-electron chi connectivity index (χ2n) is 5.69. The van der Waals surface area contributed by atoms with E-state index in [-0.39, 0.29) is 18.2 Å². The molecule has 0 aliphatic heterocycles. The fourth-order valence-corrected chi connectivity index (χ4v) is 1.93. The number of alkyl carbamates (subject to hydrolysis) is 1. The van der Waals surface area contributed by atoms with Crippen molar-refractivity contribution in [2.24, 2.45) is 11.8 Å². The van der Waals surface area contributed by atoms with Crippen LogP contribution in [-0.4, -0.2) is 24.0 Å². The van der Waals surface area contributed by atoms with Crippen molar-refractivity contribution in [1.29, 1.82) is 0 Å². The van der Waals surface area contributed by atoms with Gasteiger partial charge in [-0.05, 0) is 45.5 Å². The van der Waals surface area contributed by atoms with Gasteiger partial charge in [0.05, 0.1) is 5.92 Å². The van der Waals surface area contributed by atoms with Crippen LogP contribution >= 0.6 is 0 Å². The fraction of sp³-hybridized carbons (Fsp3) is 0.714. The second-order valence-corrected chi connectivity index (χ2v) is 5.69. The van der Waals surface area contributed by atoms with Gasteiger partial charge in [-0.2, -0.15) is 0 Å². The molecule has 4 nitrogen and oxygen atoms in total. The molecule has 1 amide bonds. The summed E-state index contributed by atoms with van der Waals surface area (Å²) in [7, 11) is 0. The monoisotopic (exact) mass is 251 g/mol. The second kappa shape index (κ2) is 5.90. The molecular weight excluding hydrogens is 230 g/mol. The van der Waals surface area contributed by atoms with Crippen molar-refractivity contribution in [3.63, 3.8) is 0 Å². The Balaban J connectivity index is 2.45. The molecule has 1 fully saturated rings. The van der Waals surface area contributed by atoms with Gasteiger partial charge < -0.3 is 10.1 Å². The van der Waals surface area contributed by atoms with E-state index in [1.807, 2.05) is 0 Å². The number of nitrogens with one attached hydrogen (secondary N) is 1. The van der Waals surface area contributed by atoms with E-state index < -0.39 is 11.7 Å². The molecule has 1 saturated carbocycles. The first-order valence-corrected chi connectivity index (χ1v) is 6.31. The number of hydrogen-bond donors (Lipinski definition) is 1. The van der Waals surface area contributed by atoms with Crippen LogP contribution in [0.25, 0.3) is 0 Å². The topological polar surface area (TPSA) is 55.4 Å². The van der Waals surface area contributed by atoms with E-state index in [0.717, 1.165) is 19.3 Å². The highest BCUT2D eigenvalue weighted by atomic mass is 16.6. The van der Waals surface area contributed by atoms with Crippen LogP contribution in [0.2, 0.25) is 0 Å². The minimum atomic E-state index is -0.536. The van der Waals surface area contributed by atoms with Gasteiger partial charge in [0, 0.05) is 6.54 Å². The molecule has 0 heterocycles. The zero-order valence-electron chi connectivity index (χ0n) is 11.3. The van der Waals surface area contributed by atoms with Crippen LogP contribution in [0.15, 0.2) is 0 Å². The summed E-state index contributed by atoms with van der Waals surface area (Å²) in [6, 6.07) is 0. The summed E-state index contributed by atoms with van der Waals surface area (Å²) in [4.78, 5) is 23.1. The van der Waals surface area contributed by atoms with Crippen LogP contribution < -0.4 is 5.32 Å². The van der Waals surface area contributed by atoms with Gasteiger partial charge in [0.2, 0.25) is 5.78 Å². The summed E-state index contributed by atoms with van der Waals surface area (Å²) in [5, 5.41) is 2.63. The molecule has 1 unspecified atom stereocenters. The lowest BCUT2D eigenvalue weighted by Gasteiger charge is -2.32. The van der Waals surface area contributed by atoms with E-state index in [2.05, 4.69) is 11.2 Å². The molecule has 0 aromatic heterocycles. The van der Waals surface area contributed by atoms with Gasteiger partial charge in [-0.3, -0.25) is 4.79 Å². The molecule has 4 heteroatoms. The molecule has 1 aliphatic rings. The smallest absolute Gasteiger partial charge is 0.407 e. The zero-order valence-corrected chi connectivity index (χ0v) is 11.3. The van der Waals surface area contributed by atoms with E-state index in [1.165, 1.54) is 0 Å². The predicted octanol–water partition coefficient (Wildman–Crippen LogP) is 2.13. The summed E-state index contributed by atoms with van der Waals surface area (Å²) in [6.07, 6.45) is 7.80. The lowest BCUT2D eigenvalue weighted by Crippen LogP contribution is -2.41. The van der Waals surface area contributed by atoms with Crippen molar-refractivity contribution in [1.82, 2.24) is 5.32 Å². The molecule has 0 aromatic rings. The van der Waals surface area contributed by atoms with E-state index in [9.17, 15) is 9.59 Å². The number of carbonyl (C=O) groups excluding carboxylic acids is 2. The molecule has 1 rings (SSSR count). The van der Waals surface area contributed by atoms with Gasteiger partial charge in [0.15, 0.2) is 0 Å². The van der Waals surface area contributed by atoms with Crippen LogP contribution in [0, 0.1) is 24.2 Å². The third-order valence-corrected chi connectivity index (χ3v) is 3.06. The lowest BCUT2D eigenvalue weighted by molar-refractivity contribution is -0.119. The van der Waals surface area contributed by atoms with E-state index in [4.69, 9.17) is 11.2 Å². The lowest BCUT2D eigenvalue weighted by atomic mass is 9.74. The molecule has 0 saturated heterocycles. The first-order chi connectivity index (χ1) is 8.33. The average Bonchev–Trinajstić information content (AvgIpc) is 2.17. The number of Topliss-reactive ketones (excluding diaryl/α,β-unsaturated/α-hetero) is 1. The molecule has 1 N–H and O–H groups in total. The molecule has 0 radical (unpaired) electrons. The Hall–Kier alpha value is -1.50. The highest BCUT2D eigenvalue weighted by molar-refractivity contribution is 5.97. The Morgan fingerprint density at radius 2 is 2.06 bits per heavy atom. The Kier molecular flexibility index (Phi) is 4.77. The molecule has 1 aliphatic carbocycles. The van der Waals surface area contributed by atoms with Gasteiger partial charge >= 0.3 is 6.09 Å². The SMILES string of the molecule is C#CC(=O)C(CNC(=O)OC(C)(C)C)C1CCC1. The first-order valence-electron chi connectivity index (χ1n) is 6.31. The van der Waals surface area contributed by atoms with Crippen LogP contribution in [0.1, 0.15) is 40.0 Å². The normalized spacial score (nSPS) is 17.2. The number of amides is 1. The number of ether oxygens (including phenoxy) is 1. The molecular formula is C14H21NO3. The summed E-state index contributed by atoms with van der Waals surface area (Å²) in [6.45, 7) is 5.65. The van der Waals surface area contributed by atoms with Crippen molar-refractivity contribution in [3.05, 3.63) is 0 Å². The molecule has 18 heavy (non-hydrogen) atoms. The van der Waals surface area contributed by atoms with Crippen molar-refractivity contribution in [2.45, 2.75) is 45.6 Å². The predicted molar refractivity (Wildman–Crippen MR) is 68.9 cm³/mol. The number of carbonyl (C=O) groups is 2. The van der Waals surface area contributed by atoms with Gasteiger partial charge in [-0.15, -0.1) is 6.42 Å². The van der Waals surface area contributed by atoms with Gasteiger partial charge in [0.1, 0.15) is 5.60 Å². The van der Waals surface area contributed by atoms with E-state index in [1.54, 1.807) is 20.8 Å². The van der Waals surface area contributed by atoms with Crippen molar-refractivity contribution in [3.8, 4) is 12.3 Å². The minimum absolute atomic E-state index is 0.226. The quantitative estimate of drug-likeness (QED) is 0.615. The maximum absolute atomic E-state index is 11.6. The third kappa shape index (κ3) is 4.40. The van der Waals surface area contributed by atoms with Crippen molar-refractivity contribution in [2.75, 3.05) is 6.54 Å². The summed E-state index contributed by atoms with van der Waals surface area (Å²) in [5.74, 6) is 1.97. The van der Waals surface area contributed by atoms with Gasteiger partial charge in [-0.25, -0.2) is 4.79 Å². The molecule has 0 bridgehead atoms. The van der Waals surface area contributed by atoms with Gasteiger partial charge in [-0.1, -0.05) is 6.42 Å². The first kappa shape index (κ1) is 14.6. The van der Waals surface area contributed by atoms with Crippen LogP contribution in [0.5, 0.6) is 0 Å². The van der Waals surface area contributed by atoms with Crippen molar-refractivity contribution < 1.29 is 14.3 Å². The van der Waals surface area contributed by atoms with E-state index in [0.29, 0.717) is 5.92 Å². The largest absolute Gasteiger partial charge is 0.444 e. The Morgan fingerprint density at radius 1 is 1.44 bits per heavy atom. The van der Waals surface area contributed by atoms with Crippen LogP contribution in [0.3, 0.4) is 0 Å². The maximum atomic E-state index is 11.6. The third-order valence-electron chi connectivity index (χ3n) is 3.06. The Morgan fingerprint density at radius 3 is 2.44 bits per heavy atom.